The van der Waals surface area contributed by atoms with Gasteiger partial charge in [-0.15, -0.1) is 0 Å². The third-order valence-electron chi connectivity index (χ3n) is 2.88. The van der Waals surface area contributed by atoms with Crippen molar-refractivity contribution in [2.24, 2.45) is 0 Å². The molecule has 2 aromatic carbocycles. The van der Waals surface area contributed by atoms with E-state index in [2.05, 4.69) is 0 Å². The van der Waals surface area contributed by atoms with E-state index in [1.54, 1.807) is 6.07 Å². The van der Waals surface area contributed by atoms with Crippen LogP contribution >= 0.6 is 11.6 Å². The van der Waals surface area contributed by atoms with Gasteiger partial charge in [0, 0.05) is 10.6 Å². The van der Waals surface area contributed by atoms with E-state index in [1.807, 2.05) is 19.1 Å². The number of aryl methyl sites for hydroxylation is 1. The van der Waals surface area contributed by atoms with E-state index in [0.717, 1.165) is 5.56 Å². The molecule has 0 radical (unpaired) electrons. The van der Waals surface area contributed by atoms with E-state index in [9.17, 15) is 9.50 Å². The van der Waals surface area contributed by atoms with Crippen LogP contribution in [0.5, 0.6) is 5.75 Å². The van der Waals surface area contributed by atoms with E-state index in [0.29, 0.717) is 16.9 Å². The Morgan fingerprint density at radius 2 is 1.95 bits per heavy atom. The Bertz CT molecular complexity index is 578. The molecule has 0 heterocycles. The van der Waals surface area contributed by atoms with Crippen molar-refractivity contribution < 1.29 is 14.2 Å². The van der Waals surface area contributed by atoms with Crippen molar-refractivity contribution in [2.45, 2.75) is 13.0 Å². The van der Waals surface area contributed by atoms with Crippen molar-refractivity contribution in [1.82, 2.24) is 0 Å². The number of halogens is 2. The summed E-state index contributed by atoms with van der Waals surface area (Å²) >= 11 is 5.80. The Morgan fingerprint density at radius 3 is 2.58 bits per heavy atom. The van der Waals surface area contributed by atoms with Crippen molar-refractivity contribution in [3.63, 3.8) is 0 Å². The summed E-state index contributed by atoms with van der Waals surface area (Å²) < 4.78 is 18.6. The minimum absolute atomic E-state index is 0.251. The highest BCUT2D eigenvalue weighted by Crippen LogP contribution is 2.32. The molecule has 1 N–H and O–H groups in total. The fraction of sp³-hybridized carbons (Fsp3) is 0.200. The third-order valence-corrected chi connectivity index (χ3v) is 3.10. The van der Waals surface area contributed by atoms with E-state index in [4.69, 9.17) is 16.3 Å². The molecule has 0 bridgehead atoms. The van der Waals surface area contributed by atoms with Gasteiger partial charge < -0.3 is 9.84 Å². The van der Waals surface area contributed by atoms with Crippen LogP contribution in [0.25, 0.3) is 0 Å². The van der Waals surface area contributed by atoms with Crippen molar-refractivity contribution in [2.75, 3.05) is 7.11 Å². The molecule has 0 aliphatic rings. The normalized spacial score (nSPS) is 12.3. The second kappa shape index (κ2) is 5.59. The number of rotatable bonds is 3. The Kier molecular flexibility index (Phi) is 4.08. The number of hydrogen-bond acceptors (Lipinski definition) is 2. The van der Waals surface area contributed by atoms with Gasteiger partial charge in [-0.1, -0.05) is 23.2 Å². The number of aliphatic hydroxyl groups excluding tert-OH is 1. The summed E-state index contributed by atoms with van der Waals surface area (Å²) in [5, 5.41) is 10.6. The van der Waals surface area contributed by atoms with Gasteiger partial charge in [0.05, 0.1) is 7.11 Å². The number of hydrogen-bond donors (Lipinski definition) is 1. The number of benzene rings is 2. The molecule has 2 nitrogen and oxygen atoms in total. The highest BCUT2D eigenvalue weighted by Gasteiger charge is 2.17. The van der Waals surface area contributed by atoms with Gasteiger partial charge in [-0.25, -0.2) is 4.39 Å². The summed E-state index contributed by atoms with van der Waals surface area (Å²) in [4.78, 5) is 0. The number of aliphatic hydroxyl groups is 1. The molecule has 0 fully saturated rings. The Labute approximate surface area is 116 Å². The molecule has 0 aromatic heterocycles. The number of methoxy groups -OCH3 is 1. The third kappa shape index (κ3) is 3.06. The van der Waals surface area contributed by atoms with Crippen molar-refractivity contribution in [3.8, 4) is 5.75 Å². The molecule has 0 saturated heterocycles. The molecule has 4 heteroatoms. The van der Waals surface area contributed by atoms with Gasteiger partial charge in [0.1, 0.15) is 17.7 Å². The highest BCUT2D eigenvalue weighted by atomic mass is 35.5. The van der Waals surface area contributed by atoms with Crippen LogP contribution in [-0.2, 0) is 0 Å². The summed E-state index contributed by atoms with van der Waals surface area (Å²) in [6, 6.07) is 9.46. The highest BCUT2D eigenvalue weighted by molar-refractivity contribution is 6.30. The second-order valence-corrected chi connectivity index (χ2v) is 4.79. The first-order valence-corrected chi connectivity index (χ1v) is 6.17. The summed E-state index contributed by atoms with van der Waals surface area (Å²) in [5.74, 6) is 0.0756. The summed E-state index contributed by atoms with van der Waals surface area (Å²) in [6.45, 7) is 1.91. The minimum atomic E-state index is -0.983. The molecule has 2 aromatic rings. The zero-order valence-electron chi connectivity index (χ0n) is 10.7. The monoisotopic (exact) mass is 280 g/mol. The summed E-state index contributed by atoms with van der Waals surface area (Å²) in [7, 11) is 1.53. The standard InChI is InChI=1S/C15H14ClFO2/c1-9-3-4-14(19-2)13(5-9)15(18)10-6-11(16)8-12(17)7-10/h3-8,15,18H,1-2H3. The zero-order chi connectivity index (χ0) is 14.0. The van der Waals surface area contributed by atoms with Gasteiger partial charge in [-0.05, 0) is 42.8 Å². The zero-order valence-corrected chi connectivity index (χ0v) is 11.4. The van der Waals surface area contributed by atoms with Gasteiger partial charge in [-0.3, -0.25) is 0 Å². The van der Waals surface area contributed by atoms with Gasteiger partial charge in [0.15, 0.2) is 0 Å². The molecule has 0 amide bonds. The van der Waals surface area contributed by atoms with Gasteiger partial charge in [0.2, 0.25) is 0 Å². The van der Waals surface area contributed by atoms with Crippen LogP contribution in [0.1, 0.15) is 22.8 Å². The van der Waals surface area contributed by atoms with Crippen LogP contribution in [0.15, 0.2) is 36.4 Å². The maximum absolute atomic E-state index is 13.3. The van der Waals surface area contributed by atoms with E-state index >= 15 is 0 Å². The molecule has 19 heavy (non-hydrogen) atoms. The molecule has 100 valence electrons. The smallest absolute Gasteiger partial charge is 0.125 e. The maximum atomic E-state index is 13.3. The van der Waals surface area contributed by atoms with Crippen LogP contribution in [0, 0.1) is 12.7 Å². The maximum Gasteiger partial charge on any atom is 0.125 e. The number of ether oxygens (including phenoxy) is 1. The topological polar surface area (TPSA) is 29.5 Å². The first-order chi connectivity index (χ1) is 9.01. The van der Waals surface area contributed by atoms with Crippen LogP contribution in [-0.4, -0.2) is 12.2 Å². The summed E-state index contributed by atoms with van der Waals surface area (Å²) in [5.41, 5.74) is 1.97. The average molecular weight is 281 g/mol. The SMILES string of the molecule is COc1ccc(C)cc1C(O)c1cc(F)cc(Cl)c1. The lowest BCUT2D eigenvalue weighted by atomic mass is 9.99. The minimum Gasteiger partial charge on any atom is -0.496 e. The quantitative estimate of drug-likeness (QED) is 0.924. The lowest BCUT2D eigenvalue weighted by Crippen LogP contribution is -2.03. The van der Waals surface area contributed by atoms with E-state index in [-0.39, 0.29) is 5.02 Å². The lowest BCUT2D eigenvalue weighted by Gasteiger charge is -2.16. The average Bonchev–Trinajstić information content (AvgIpc) is 2.36. The molecule has 1 atom stereocenters. The first kappa shape index (κ1) is 13.8. The van der Waals surface area contributed by atoms with Crippen molar-refractivity contribution in [3.05, 3.63) is 63.9 Å². The molecule has 0 aliphatic carbocycles. The van der Waals surface area contributed by atoms with Gasteiger partial charge in [-0.2, -0.15) is 0 Å². The van der Waals surface area contributed by atoms with Crippen LogP contribution in [0.2, 0.25) is 5.02 Å². The second-order valence-electron chi connectivity index (χ2n) is 4.35. The Hall–Kier alpha value is -1.58. The molecule has 0 spiro atoms. The first-order valence-electron chi connectivity index (χ1n) is 5.80. The molecular formula is C15H14ClFO2. The van der Waals surface area contributed by atoms with Gasteiger partial charge >= 0.3 is 0 Å². The molecule has 1 unspecified atom stereocenters. The molecule has 2 rings (SSSR count). The van der Waals surface area contributed by atoms with E-state index < -0.39 is 11.9 Å². The Balaban J connectivity index is 2.48. The fourth-order valence-electron chi connectivity index (χ4n) is 1.98. The van der Waals surface area contributed by atoms with Gasteiger partial charge in [0.25, 0.3) is 0 Å². The molecule has 0 saturated carbocycles. The van der Waals surface area contributed by atoms with Crippen LogP contribution < -0.4 is 4.74 Å². The molecular weight excluding hydrogens is 267 g/mol. The van der Waals surface area contributed by atoms with Crippen LogP contribution in [0.4, 0.5) is 4.39 Å². The lowest BCUT2D eigenvalue weighted by molar-refractivity contribution is 0.214. The summed E-state index contributed by atoms with van der Waals surface area (Å²) in [6.07, 6.45) is -0.983. The van der Waals surface area contributed by atoms with Crippen molar-refractivity contribution >= 4 is 11.6 Å². The predicted octanol–water partition coefficient (Wildman–Crippen LogP) is 3.88. The fourth-order valence-corrected chi connectivity index (χ4v) is 2.21. The van der Waals surface area contributed by atoms with E-state index in [1.165, 1.54) is 25.3 Å². The van der Waals surface area contributed by atoms with Crippen molar-refractivity contribution in [1.29, 1.82) is 0 Å². The molecule has 0 aliphatic heterocycles. The van der Waals surface area contributed by atoms with Crippen LogP contribution in [0.3, 0.4) is 0 Å². The predicted molar refractivity (Wildman–Crippen MR) is 73.2 cm³/mol. The Morgan fingerprint density at radius 1 is 1.21 bits per heavy atom. The largest absolute Gasteiger partial charge is 0.496 e.